The maximum absolute atomic E-state index is 12.4. The SMILES string of the molecule is CCOc1ccc(NC(=O)c2cccc(S(=O)(=O)NCCC(C)C)c2)cc1. The highest BCUT2D eigenvalue weighted by atomic mass is 32.2. The highest BCUT2D eigenvalue weighted by Gasteiger charge is 2.16. The summed E-state index contributed by atoms with van der Waals surface area (Å²) in [5.74, 6) is 0.744. The number of anilines is 1. The van der Waals surface area contributed by atoms with Crippen molar-refractivity contribution in [3.8, 4) is 5.75 Å². The number of hydrogen-bond donors (Lipinski definition) is 2. The van der Waals surface area contributed by atoms with Gasteiger partial charge in [0.2, 0.25) is 10.0 Å². The molecule has 2 aromatic rings. The minimum absolute atomic E-state index is 0.0746. The second-order valence-electron chi connectivity index (χ2n) is 6.52. The number of rotatable bonds is 9. The lowest BCUT2D eigenvalue weighted by Crippen LogP contribution is -2.26. The van der Waals surface area contributed by atoms with Crippen LogP contribution in [0.25, 0.3) is 0 Å². The van der Waals surface area contributed by atoms with E-state index in [-0.39, 0.29) is 16.4 Å². The Labute approximate surface area is 161 Å². The van der Waals surface area contributed by atoms with E-state index in [0.717, 1.165) is 12.2 Å². The maximum atomic E-state index is 12.4. The van der Waals surface area contributed by atoms with E-state index in [1.807, 2.05) is 20.8 Å². The fourth-order valence-corrected chi connectivity index (χ4v) is 3.47. The summed E-state index contributed by atoms with van der Waals surface area (Å²) < 4.78 is 32.7. The van der Waals surface area contributed by atoms with Crippen molar-refractivity contribution in [3.63, 3.8) is 0 Å². The van der Waals surface area contributed by atoms with Gasteiger partial charge in [0, 0.05) is 17.8 Å². The molecule has 0 aliphatic carbocycles. The van der Waals surface area contributed by atoms with Crippen LogP contribution >= 0.6 is 0 Å². The summed E-state index contributed by atoms with van der Waals surface area (Å²) in [5, 5.41) is 2.75. The molecular formula is C20H26N2O4S. The van der Waals surface area contributed by atoms with Gasteiger partial charge in [-0.05, 0) is 61.7 Å². The van der Waals surface area contributed by atoms with Crippen LogP contribution in [0.4, 0.5) is 5.69 Å². The lowest BCUT2D eigenvalue weighted by molar-refractivity contribution is 0.102. The fourth-order valence-electron chi connectivity index (χ4n) is 2.37. The third-order valence-corrected chi connectivity index (χ3v) is 5.30. The van der Waals surface area contributed by atoms with Crippen molar-refractivity contribution in [2.24, 2.45) is 5.92 Å². The van der Waals surface area contributed by atoms with Crippen molar-refractivity contribution in [2.45, 2.75) is 32.1 Å². The summed E-state index contributed by atoms with van der Waals surface area (Å²) in [6.45, 7) is 6.88. The molecule has 0 saturated carbocycles. The number of nitrogens with one attached hydrogen (secondary N) is 2. The van der Waals surface area contributed by atoms with Gasteiger partial charge in [0.25, 0.3) is 5.91 Å². The lowest BCUT2D eigenvalue weighted by Gasteiger charge is -2.10. The number of hydrogen-bond acceptors (Lipinski definition) is 4. The van der Waals surface area contributed by atoms with Crippen LogP contribution in [0, 0.1) is 5.92 Å². The Hall–Kier alpha value is -2.38. The number of benzene rings is 2. The zero-order valence-electron chi connectivity index (χ0n) is 15.9. The first-order valence-electron chi connectivity index (χ1n) is 8.95. The van der Waals surface area contributed by atoms with E-state index in [1.54, 1.807) is 36.4 Å². The van der Waals surface area contributed by atoms with Crippen LogP contribution < -0.4 is 14.8 Å². The normalized spacial score (nSPS) is 11.4. The van der Waals surface area contributed by atoms with Gasteiger partial charge < -0.3 is 10.1 Å². The molecule has 0 aliphatic heterocycles. The van der Waals surface area contributed by atoms with E-state index in [4.69, 9.17) is 4.74 Å². The molecule has 0 heterocycles. The zero-order chi connectivity index (χ0) is 19.9. The van der Waals surface area contributed by atoms with Gasteiger partial charge in [0.15, 0.2) is 0 Å². The first kappa shape index (κ1) is 20.9. The molecule has 1 amide bonds. The van der Waals surface area contributed by atoms with Crippen LogP contribution in [-0.2, 0) is 10.0 Å². The molecule has 27 heavy (non-hydrogen) atoms. The van der Waals surface area contributed by atoms with E-state index < -0.39 is 10.0 Å². The third-order valence-electron chi connectivity index (χ3n) is 3.84. The number of carbonyl (C=O) groups excluding carboxylic acids is 1. The molecule has 7 heteroatoms. The average molecular weight is 391 g/mol. The molecule has 2 N–H and O–H groups in total. The van der Waals surface area contributed by atoms with Gasteiger partial charge in [-0.25, -0.2) is 13.1 Å². The van der Waals surface area contributed by atoms with E-state index >= 15 is 0 Å². The molecule has 0 aromatic heterocycles. The highest BCUT2D eigenvalue weighted by Crippen LogP contribution is 2.18. The van der Waals surface area contributed by atoms with Gasteiger partial charge in [-0.15, -0.1) is 0 Å². The van der Waals surface area contributed by atoms with Crippen molar-refractivity contribution in [3.05, 3.63) is 54.1 Å². The topological polar surface area (TPSA) is 84.5 Å². The molecule has 2 aromatic carbocycles. The molecule has 0 atom stereocenters. The Morgan fingerprint density at radius 2 is 1.81 bits per heavy atom. The minimum atomic E-state index is -3.64. The predicted octanol–water partition coefficient (Wildman–Crippen LogP) is 3.66. The fraction of sp³-hybridized carbons (Fsp3) is 0.350. The largest absolute Gasteiger partial charge is 0.494 e. The Morgan fingerprint density at radius 3 is 2.44 bits per heavy atom. The monoisotopic (exact) mass is 390 g/mol. The molecule has 0 bridgehead atoms. The van der Waals surface area contributed by atoms with Gasteiger partial charge in [-0.3, -0.25) is 4.79 Å². The summed E-state index contributed by atoms with van der Waals surface area (Å²) in [6.07, 6.45) is 0.747. The van der Waals surface area contributed by atoms with Gasteiger partial charge in [0.05, 0.1) is 11.5 Å². The smallest absolute Gasteiger partial charge is 0.255 e. The first-order valence-corrected chi connectivity index (χ1v) is 10.4. The molecular weight excluding hydrogens is 364 g/mol. The summed E-state index contributed by atoms with van der Waals surface area (Å²) in [4.78, 5) is 12.5. The van der Waals surface area contributed by atoms with Gasteiger partial charge in [0.1, 0.15) is 5.75 Å². The quantitative estimate of drug-likeness (QED) is 0.684. The van der Waals surface area contributed by atoms with Crippen molar-refractivity contribution >= 4 is 21.6 Å². The molecule has 0 spiro atoms. The van der Waals surface area contributed by atoms with Crippen molar-refractivity contribution in [1.82, 2.24) is 4.72 Å². The third kappa shape index (κ3) is 6.37. The van der Waals surface area contributed by atoms with E-state index in [2.05, 4.69) is 10.0 Å². The van der Waals surface area contributed by atoms with Crippen LogP contribution in [0.1, 0.15) is 37.6 Å². The Kier molecular flexibility index (Phi) is 7.38. The van der Waals surface area contributed by atoms with Gasteiger partial charge in [-0.2, -0.15) is 0 Å². The molecule has 0 radical (unpaired) electrons. The minimum Gasteiger partial charge on any atom is -0.494 e. The van der Waals surface area contributed by atoms with E-state index in [9.17, 15) is 13.2 Å². The molecule has 146 valence electrons. The highest BCUT2D eigenvalue weighted by molar-refractivity contribution is 7.89. The summed E-state index contributed by atoms with van der Waals surface area (Å²) in [5.41, 5.74) is 0.877. The summed E-state index contributed by atoms with van der Waals surface area (Å²) in [6, 6.07) is 13.0. The Bertz CT molecular complexity index is 862. The number of amides is 1. The summed E-state index contributed by atoms with van der Waals surface area (Å²) >= 11 is 0. The molecule has 0 fully saturated rings. The van der Waals surface area contributed by atoms with Crippen molar-refractivity contribution < 1.29 is 17.9 Å². The van der Waals surface area contributed by atoms with E-state index in [1.165, 1.54) is 12.1 Å². The second kappa shape index (κ2) is 9.53. The van der Waals surface area contributed by atoms with E-state index in [0.29, 0.717) is 24.8 Å². The first-order chi connectivity index (χ1) is 12.8. The molecule has 2 rings (SSSR count). The maximum Gasteiger partial charge on any atom is 0.255 e. The van der Waals surface area contributed by atoms with Crippen LogP contribution in [0.3, 0.4) is 0 Å². The second-order valence-corrected chi connectivity index (χ2v) is 8.29. The zero-order valence-corrected chi connectivity index (χ0v) is 16.7. The van der Waals surface area contributed by atoms with Crippen molar-refractivity contribution in [2.75, 3.05) is 18.5 Å². The molecule has 0 unspecified atom stereocenters. The van der Waals surface area contributed by atoms with Crippen LogP contribution in [0.15, 0.2) is 53.4 Å². The Morgan fingerprint density at radius 1 is 1.11 bits per heavy atom. The standard InChI is InChI=1S/C20H26N2O4S/c1-4-26-18-10-8-17(9-11-18)22-20(23)16-6-5-7-19(14-16)27(24,25)21-13-12-15(2)3/h5-11,14-15,21H,4,12-13H2,1-3H3,(H,22,23). The van der Waals surface area contributed by atoms with Crippen LogP contribution in [-0.4, -0.2) is 27.5 Å². The van der Waals surface area contributed by atoms with Crippen molar-refractivity contribution in [1.29, 1.82) is 0 Å². The molecule has 0 saturated heterocycles. The average Bonchev–Trinajstić information content (AvgIpc) is 2.63. The van der Waals surface area contributed by atoms with Crippen LogP contribution in [0.5, 0.6) is 5.75 Å². The predicted molar refractivity (Wildman–Crippen MR) is 107 cm³/mol. The number of carbonyl (C=O) groups is 1. The number of sulfonamides is 1. The van der Waals surface area contributed by atoms with Gasteiger partial charge >= 0.3 is 0 Å². The van der Waals surface area contributed by atoms with Gasteiger partial charge in [-0.1, -0.05) is 19.9 Å². The Balaban J connectivity index is 2.08. The lowest BCUT2D eigenvalue weighted by atomic mass is 10.1. The number of ether oxygens (including phenoxy) is 1. The summed E-state index contributed by atoms with van der Waals surface area (Å²) in [7, 11) is -3.64. The molecule has 6 nitrogen and oxygen atoms in total. The van der Waals surface area contributed by atoms with Crippen LogP contribution in [0.2, 0.25) is 0 Å². The molecule has 0 aliphatic rings.